The Kier molecular flexibility index (Phi) is 6.68. The zero-order valence-corrected chi connectivity index (χ0v) is 18.5. The van der Waals surface area contributed by atoms with Gasteiger partial charge < -0.3 is 15.1 Å². The van der Waals surface area contributed by atoms with Crippen LogP contribution in [-0.2, 0) is 4.79 Å². The Hall–Kier alpha value is -3.74. The van der Waals surface area contributed by atoms with Crippen LogP contribution in [0.25, 0.3) is 10.8 Å². The maximum atomic E-state index is 14.4. The molecule has 7 heteroatoms. The Morgan fingerprint density at radius 3 is 2.27 bits per heavy atom. The molecule has 1 aliphatic heterocycles. The number of fused-ring (bicyclic) bond motifs is 1. The van der Waals surface area contributed by atoms with Gasteiger partial charge in [-0.25, -0.2) is 4.39 Å². The van der Waals surface area contributed by atoms with Crippen LogP contribution in [-0.4, -0.2) is 55.2 Å². The number of carbonyl (C=O) groups excluding carboxylic acids is 3. The first kappa shape index (κ1) is 22.5. The highest BCUT2D eigenvalue weighted by Gasteiger charge is 2.23. The van der Waals surface area contributed by atoms with Crippen molar-refractivity contribution in [2.75, 3.05) is 37.6 Å². The Morgan fingerprint density at radius 2 is 1.58 bits per heavy atom. The van der Waals surface area contributed by atoms with Gasteiger partial charge in [0.1, 0.15) is 5.82 Å². The number of benzene rings is 3. The average Bonchev–Trinajstić information content (AvgIpc) is 2.83. The van der Waals surface area contributed by atoms with Gasteiger partial charge in [0, 0.05) is 50.3 Å². The lowest BCUT2D eigenvalue weighted by Gasteiger charge is -2.36. The number of Topliss-reactive ketones (excluding diaryl/α,β-unsaturated/α-hetero) is 1. The Bertz CT molecular complexity index is 1200. The zero-order valence-electron chi connectivity index (χ0n) is 18.5. The van der Waals surface area contributed by atoms with Gasteiger partial charge in [-0.1, -0.05) is 30.3 Å². The molecule has 0 aliphatic carbocycles. The van der Waals surface area contributed by atoms with Crippen molar-refractivity contribution in [1.82, 2.24) is 10.2 Å². The predicted octanol–water partition coefficient (Wildman–Crippen LogP) is 3.65. The molecular weight excluding hydrogens is 421 g/mol. The van der Waals surface area contributed by atoms with E-state index in [2.05, 4.69) is 5.32 Å². The molecule has 33 heavy (non-hydrogen) atoms. The largest absolute Gasteiger partial charge is 0.366 e. The van der Waals surface area contributed by atoms with Crippen molar-refractivity contribution in [3.63, 3.8) is 0 Å². The number of ketones is 1. The summed E-state index contributed by atoms with van der Waals surface area (Å²) in [6.07, 6.45) is 0.209. The van der Waals surface area contributed by atoms with E-state index in [1.807, 2.05) is 41.3 Å². The molecule has 0 bridgehead atoms. The number of rotatable bonds is 6. The predicted molar refractivity (Wildman–Crippen MR) is 126 cm³/mol. The van der Waals surface area contributed by atoms with Gasteiger partial charge in [-0.05, 0) is 48.0 Å². The minimum atomic E-state index is -0.432. The Morgan fingerprint density at radius 1 is 0.879 bits per heavy atom. The van der Waals surface area contributed by atoms with E-state index in [1.54, 1.807) is 23.1 Å². The number of nitrogens with zero attached hydrogens (tertiary/aromatic N) is 2. The molecule has 6 nitrogen and oxygen atoms in total. The molecule has 0 saturated carbocycles. The standard InChI is InChI=1S/C26H26FN3O3/c1-18(31)20-8-9-24(23(27)17-20)29-12-14-30(15-13-29)25(32)10-11-28-26(33)22-7-6-19-4-2-3-5-21(19)16-22/h2-9,16-17H,10-15H2,1H3,(H,28,33). The van der Waals surface area contributed by atoms with Crippen molar-refractivity contribution < 1.29 is 18.8 Å². The van der Waals surface area contributed by atoms with E-state index in [9.17, 15) is 18.8 Å². The van der Waals surface area contributed by atoms with E-state index < -0.39 is 5.82 Å². The second kappa shape index (κ2) is 9.81. The third kappa shape index (κ3) is 5.19. The van der Waals surface area contributed by atoms with Gasteiger partial charge in [0.15, 0.2) is 5.78 Å². The average molecular weight is 448 g/mol. The number of amides is 2. The van der Waals surface area contributed by atoms with Crippen LogP contribution in [0.1, 0.15) is 34.1 Å². The van der Waals surface area contributed by atoms with Crippen molar-refractivity contribution >= 4 is 34.1 Å². The maximum Gasteiger partial charge on any atom is 0.251 e. The number of carbonyl (C=O) groups is 3. The Labute approximate surface area is 192 Å². The second-order valence-electron chi connectivity index (χ2n) is 8.16. The molecule has 1 heterocycles. The minimum Gasteiger partial charge on any atom is -0.366 e. The lowest BCUT2D eigenvalue weighted by atomic mass is 10.1. The molecular formula is C26H26FN3O3. The molecule has 2 amide bonds. The van der Waals surface area contributed by atoms with Crippen molar-refractivity contribution in [3.8, 4) is 0 Å². The molecule has 1 fully saturated rings. The molecule has 1 saturated heterocycles. The first-order valence-corrected chi connectivity index (χ1v) is 11.0. The summed E-state index contributed by atoms with van der Waals surface area (Å²) in [5.74, 6) is -0.855. The van der Waals surface area contributed by atoms with E-state index >= 15 is 0 Å². The molecule has 170 valence electrons. The molecule has 4 rings (SSSR count). The molecule has 3 aromatic rings. The fourth-order valence-corrected chi connectivity index (χ4v) is 4.05. The summed E-state index contributed by atoms with van der Waals surface area (Å²) in [4.78, 5) is 40.0. The number of hydrogen-bond acceptors (Lipinski definition) is 4. The van der Waals surface area contributed by atoms with Gasteiger partial charge in [-0.3, -0.25) is 14.4 Å². The summed E-state index contributed by atoms with van der Waals surface area (Å²) in [5.41, 5.74) is 1.35. The molecule has 1 aliphatic rings. The van der Waals surface area contributed by atoms with Crippen LogP contribution >= 0.6 is 0 Å². The summed E-state index contributed by atoms with van der Waals surface area (Å²) in [5, 5.41) is 4.88. The van der Waals surface area contributed by atoms with Gasteiger partial charge in [0.25, 0.3) is 5.91 Å². The normalized spacial score (nSPS) is 13.8. The number of piperazine rings is 1. The van der Waals surface area contributed by atoms with Crippen molar-refractivity contribution in [1.29, 1.82) is 0 Å². The third-order valence-electron chi connectivity index (χ3n) is 5.96. The smallest absolute Gasteiger partial charge is 0.251 e. The van der Waals surface area contributed by atoms with Crippen molar-refractivity contribution in [3.05, 3.63) is 77.6 Å². The van der Waals surface area contributed by atoms with Gasteiger partial charge >= 0.3 is 0 Å². The van der Waals surface area contributed by atoms with Crippen LogP contribution in [0, 0.1) is 5.82 Å². The monoisotopic (exact) mass is 447 g/mol. The second-order valence-corrected chi connectivity index (χ2v) is 8.16. The first-order chi connectivity index (χ1) is 15.9. The van der Waals surface area contributed by atoms with Gasteiger partial charge in [0.2, 0.25) is 5.91 Å². The highest BCUT2D eigenvalue weighted by atomic mass is 19.1. The fourth-order valence-electron chi connectivity index (χ4n) is 4.05. The number of halogens is 1. The highest BCUT2D eigenvalue weighted by Crippen LogP contribution is 2.22. The molecule has 0 spiro atoms. The molecule has 1 N–H and O–H groups in total. The first-order valence-electron chi connectivity index (χ1n) is 11.0. The van der Waals surface area contributed by atoms with E-state index in [0.717, 1.165) is 10.8 Å². The third-order valence-corrected chi connectivity index (χ3v) is 5.96. The summed E-state index contributed by atoms with van der Waals surface area (Å²) < 4.78 is 14.4. The topological polar surface area (TPSA) is 69.7 Å². The molecule has 0 atom stereocenters. The van der Waals surface area contributed by atoms with Crippen LogP contribution in [0.4, 0.5) is 10.1 Å². The zero-order chi connectivity index (χ0) is 23.4. The van der Waals surface area contributed by atoms with E-state index in [1.165, 1.54) is 13.0 Å². The van der Waals surface area contributed by atoms with Gasteiger partial charge in [-0.2, -0.15) is 0 Å². The summed E-state index contributed by atoms with van der Waals surface area (Å²) >= 11 is 0. The maximum absolute atomic E-state index is 14.4. The highest BCUT2D eigenvalue weighted by molar-refractivity contribution is 5.98. The molecule has 0 aromatic heterocycles. The fraction of sp³-hybridized carbons (Fsp3) is 0.269. The van der Waals surface area contributed by atoms with Gasteiger partial charge in [0.05, 0.1) is 5.69 Å². The minimum absolute atomic E-state index is 0.0409. The summed E-state index contributed by atoms with van der Waals surface area (Å²) in [6.45, 7) is 3.63. The van der Waals surface area contributed by atoms with Crippen molar-refractivity contribution in [2.45, 2.75) is 13.3 Å². The van der Waals surface area contributed by atoms with E-state index in [4.69, 9.17) is 0 Å². The lowest BCUT2D eigenvalue weighted by molar-refractivity contribution is -0.131. The summed E-state index contributed by atoms with van der Waals surface area (Å²) in [7, 11) is 0. The number of hydrogen-bond donors (Lipinski definition) is 1. The SMILES string of the molecule is CC(=O)c1ccc(N2CCN(C(=O)CCNC(=O)c3ccc4ccccc4c3)CC2)c(F)c1. The van der Waals surface area contributed by atoms with Crippen LogP contribution in [0.2, 0.25) is 0 Å². The molecule has 3 aromatic carbocycles. The van der Waals surface area contributed by atoms with Crippen LogP contribution < -0.4 is 10.2 Å². The van der Waals surface area contributed by atoms with Gasteiger partial charge in [-0.15, -0.1) is 0 Å². The number of nitrogens with one attached hydrogen (secondary N) is 1. The van der Waals surface area contributed by atoms with Crippen LogP contribution in [0.15, 0.2) is 60.7 Å². The van der Waals surface area contributed by atoms with Crippen LogP contribution in [0.3, 0.4) is 0 Å². The van der Waals surface area contributed by atoms with Crippen molar-refractivity contribution in [2.24, 2.45) is 0 Å². The summed E-state index contributed by atoms with van der Waals surface area (Å²) in [6, 6.07) is 17.9. The lowest BCUT2D eigenvalue weighted by Crippen LogP contribution is -2.49. The van der Waals surface area contributed by atoms with E-state index in [0.29, 0.717) is 43.0 Å². The van der Waals surface area contributed by atoms with Crippen LogP contribution in [0.5, 0.6) is 0 Å². The van der Waals surface area contributed by atoms with E-state index in [-0.39, 0.29) is 30.6 Å². The number of anilines is 1. The Balaban J connectivity index is 1.25. The molecule has 0 radical (unpaired) electrons. The molecule has 0 unspecified atom stereocenters. The quantitative estimate of drug-likeness (QED) is 0.586.